The van der Waals surface area contributed by atoms with Crippen LogP contribution in [0.15, 0.2) is 54.6 Å². The van der Waals surface area contributed by atoms with Crippen LogP contribution in [0.5, 0.6) is 5.75 Å². The number of nitrogens with zero attached hydrogens (tertiary/aromatic N) is 1. The predicted octanol–water partition coefficient (Wildman–Crippen LogP) is 3.21. The minimum atomic E-state index is -0.885. The Morgan fingerprint density at radius 1 is 1.11 bits per heavy atom. The third kappa shape index (κ3) is 4.34. The summed E-state index contributed by atoms with van der Waals surface area (Å²) in [5.41, 5.74) is 2.78. The van der Waals surface area contributed by atoms with Crippen LogP contribution in [0.25, 0.3) is 10.9 Å². The maximum Gasteiger partial charge on any atom is 0.326 e. The highest BCUT2D eigenvalue weighted by molar-refractivity contribution is 5.85. The summed E-state index contributed by atoms with van der Waals surface area (Å²) in [6.45, 7) is 3.86. The summed E-state index contributed by atoms with van der Waals surface area (Å²) in [5, 5.41) is 3.84. The lowest BCUT2D eigenvalue weighted by atomic mass is 10.2. The van der Waals surface area contributed by atoms with E-state index in [0.717, 1.165) is 22.2 Å². The van der Waals surface area contributed by atoms with Crippen molar-refractivity contribution in [3.05, 3.63) is 65.9 Å². The van der Waals surface area contributed by atoms with E-state index in [-0.39, 0.29) is 12.5 Å². The van der Waals surface area contributed by atoms with Crippen molar-refractivity contribution in [2.45, 2.75) is 33.0 Å². The second-order valence-electron chi connectivity index (χ2n) is 6.59. The molecular weight excluding hydrogens is 356 g/mol. The van der Waals surface area contributed by atoms with E-state index < -0.39 is 12.1 Å². The molecule has 0 radical (unpaired) electrons. The van der Waals surface area contributed by atoms with Gasteiger partial charge in [0, 0.05) is 23.3 Å². The summed E-state index contributed by atoms with van der Waals surface area (Å²) in [7, 11) is 1.58. The van der Waals surface area contributed by atoms with Gasteiger partial charge in [0.15, 0.2) is 6.10 Å². The zero-order valence-electron chi connectivity index (χ0n) is 16.3. The predicted molar refractivity (Wildman–Crippen MR) is 107 cm³/mol. The van der Waals surface area contributed by atoms with Gasteiger partial charge in [-0.3, -0.25) is 9.59 Å². The van der Waals surface area contributed by atoms with Crippen LogP contribution in [-0.4, -0.2) is 29.7 Å². The first-order valence-corrected chi connectivity index (χ1v) is 9.13. The summed E-state index contributed by atoms with van der Waals surface area (Å²) in [6, 6.07) is 17.3. The first-order valence-electron chi connectivity index (χ1n) is 9.13. The third-order valence-electron chi connectivity index (χ3n) is 4.63. The number of ether oxygens (including phenoxy) is 2. The average Bonchev–Trinajstić information content (AvgIpc) is 3.01. The highest BCUT2D eigenvalue weighted by Gasteiger charge is 2.19. The van der Waals surface area contributed by atoms with Crippen LogP contribution in [0.3, 0.4) is 0 Å². The number of benzene rings is 2. The van der Waals surface area contributed by atoms with Gasteiger partial charge in [-0.05, 0) is 37.4 Å². The van der Waals surface area contributed by atoms with Gasteiger partial charge in [0.05, 0.1) is 7.11 Å². The zero-order valence-corrected chi connectivity index (χ0v) is 16.3. The number of hydrogen-bond donors (Lipinski definition) is 1. The van der Waals surface area contributed by atoms with Crippen molar-refractivity contribution in [1.29, 1.82) is 0 Å². The lowest BCUT2D eigenvalue weighted by Crippen LogP contribution is -2.36. The zero-order chi connectivity index (χ0) is 20.1. The molecule has 3 rings (SSSR count). The van der Waals surface area contributed by atoms with E-state index in [4.69, 9.17) is 9.47 Å². The minimum absolute atomic E-state index is 0.0590. The number of methoxy groups -OCH3 is 1. The molecule has 0 spiro atoms. The van der Waals surface area contributed by atoms with E-state index in [1.165, 1.54) is 0 Å². The number of aromatic nitrogens is 1. The van der Waals surface area contributed by atoms with Crippen LogP contribution in [0.4, 0.5) is 0 Å². The molecule has 1 amide bonds. The number of nitrogens with one attached hydrogen (secondary N) is 1. The monoisotopic (exact) mass is 380 g/mol. The Morgan fingerprint density at radius 3 is 2.61 bits per heavy atom. The quantitative estimate of drug-likeness (QED) is 0.639. The Labute approximate surface area is 164 Å². The molecule has 6 heteroatoms. The number of hydrogen-bond acceptors (Lipinski definition) is 4. The van der Waals surface area contributed by atoms with Crippen LogP contribution in [0.2, 0.25) is 0 Å². The standard InChI is InChI=1S/C22H24N2O4/c1-15-12-17-8-4-6-10-19(17)24(15)14-21(25)28-16(2)22(26)23-13-18-9-5-7-11-20(18)27-3/h4-12,16H,13-14H2,1-3H3,(H,23,26). The average molecular weight is 380 g/mol. The van der Waals surface area contributed by atoms with Gasteiger partial charge < -0.3 is 19.4 Å². The van der Waals surface area contributed by atoms with Crippen LogP contribution >= 0.6 is 0 Å². The third-order valence-corrected chi connectivity index (χ3v) is 4.63. The first kappa shape index (κ1) is 19.5. The number of aryl methyl sites for hydroxylation is 1. The number of carbonyl (C=O) groups is 2. The van der Waals surface area contributed by atoms with Gasteiger partial charge in [0.2, 0.25) is 0 Å². The molecule has 0 saturated carbocycles. The number of esters is 1. The molecule has 0 saturated heterocycles. The largest absolute Gasteiger partial charge is 0.496 e. The Hall–Kier alpha value is -3.28. The van der Waals surface area contributed by atoms with E-state index in [1.807, 2.05) is 66.1 Å². The van der Waals surface area contributed by atoms with E-state index in [2.05, 4.69) is 5.32 Å². The molecule has 28 heavy (non-hydrogen) atoms. The number of fused-ring (bicyclic) bond motifs is 1. The van der Waals surface area contributed by atoms with E-state index in [0.29, 0.717) is 12.3 Å². The molecule has 1 N–H and O–H groups in total. The summed E-state index contributed by atoms with van der Waals surface area (Å²) >= 11 is 0. The maximum absolute atomic E-state index is 12.4. The number of para-hydroxylation sites is 2. The van der Waals surface area contributed by atoms with Crippen LogP contribution in [0.1, 0.15) is 18.2 Å². The van der Waals surface area contributed by atoms with Gasteiger partial charge in [0.25, 0.3) is 5.91 Å². The molecule has 0 bridgehead atoms. The van der Waals surface area contributed by atoms with Gasteiger partial charge in [-0.15, -0.1) is 0 Å². The Morgan fingerprint density at radius 2 is 1.82 bits per heavy atom. The van der Waals surface area contributed by atoms with Crippen molar-refractivity contribution in [2.24, 2.45) is 0 Å². The molecule has 0 aliphatic carbocycles. The SMILES string of the molecule is COc1ccccc1CNC(=O)C(C)OC(=O)Cn1c(C)cc2ccccc21. The smallest absolute Gasteiger partial charge is 0.326 e. The van der Waals surface area contributed by atoms with E-state index >= 15 is 0 Å². The van der Waals surface area contributed by atoms with Crippen LogP contribution in [0, 0.1) is 6.92 Å². The fourth-order valence-corrected chi connectivity index (χ4v) is 3.15. The molecule has 146 valence electrons. The summed E-state index contributed by atoms with van der Waals surface area (Å²) < 4.78 is 12.5. The summed E-state index contributed by atoms with van der Waals surface area (Å²) in [4.78, 5) is 24.7. The molecule has 6 nitrogen and oxygen atoms in total. The lowest BCUT2D eigenvalue weighted by molar-refractivity contribution is -0.155. The van der Waals surface area contributed by atoms with Crippen molar-refractivity contribution in [2.75, 3.05) is 7.11 Å². The fourth-order valence-electron chi connectivity index (χ4n) is 3.15. The van der Waals surface area contributed by atoms with Crippen molar-refractivity contribution in [1.82, 2.24) is 9.88 Å². The minimum Gasteiger partial charge on any atom is -0.496 e. The molecule has 1 atom stereocenters. The summed E-state index contributed by atoms with van der Waals surface area (Å²) in [6.07, 6.45) is -0.885. The number of amides is 1. The highest BCUT2D eigenvalue weighted by atomic mass is 16.5. The van der Waals surface area contributed by atoms with Crippen molar-refractivity contribution < 1.29 is 19.1 Å². The molecule has 1 heterocycles. The Balaban J connectivity index is 1.57. The molecular formula is C22H24N2O4. The molecule has 1 unspecified atom stereocenters. The Kier molecular flexibility index (Phi) is 5.99. The van der Waals surface area contributed by atoms with Gasteiger partial charge in [0.1, 0.15) is 12.3 Å². The molecule has 0 aliphatic rings. The Bertz CT molecular complexity index is 993. The molecule has 3 aromatic rings. The van der Waals surface area contributed by atoms with Gasteiger partial charge in [-0.1, -0.05) is 36.4 Å². The molecule has 1 aromatic heterocycles. The normalized spacial score (nSPS) is 11.8. The number of carbonyl (C=O) groups excluding carboxylic acids is 2. The first-order chi connectivity index (χ1) is 13.5. The van der Waals surface area contributed by atoms with Crippen molar-refractivity contribution >= 4 is 22.8 Å². The van der Waals surface area contributed by atoms with E-state index in [9.17, 15) is 9.59 Å². The second kappa shape index (κ2) is 8.61. The molecule has 2 aromatic carbocycles. The fraction of sp³-hybridized carbons (Fsp3) is 0.273. The molecule has 0 aliphatic heterocycles. The molecule has 0 fully saturated rings. The number of rotatable bonds is 7. The van der Waals surface area contributed by atoms with Crippen molar-refractivity contribution in [3.63, 3.8) is 0 Å². The lowest BCUT2D eigenvalue weighted by Gasteiger charge is -2.15. The van der Waals surface area contributed by atoms with Gasteiger partial charge >= 0.3 is 5.97 Å². The second-order valence-corrected chi connectivity index (χ2v) is 6.59. The maximum atomic E-state index is 12.4. The van der Waals surface area contributed by atoms with Gasteiger partial charge in [-0.25, -0.2) is 0 Å². The van der Waals surface area contributed by atoms with Gasteiger partial charge in [-0.2, -0.15) is 0 Å². The highest BCUT2D eigenvalue weighted by Crippen LogP contribution is 2.19. The van der Waals surface area contributed by atoms with Crippen LogP contribution in [-0.2, 0) is 27.4 Å². The summed E-state index contributed by atoms with van der Waals surface area (Å²) in [5.74, 6) is -0.111. The van der Waals surface area contributed by atoms with Crippen LogP contribution < -0.4 is 10.1 Å². The topological polar surface area (TPSA) is 69.6 Å². The van der Waals surface area contributed by atoms with Crippen molar-refractivity contribution in [3.8, 4) is 5.75 Å². The van der Waals surface area contributed by atoms with E-state index in [1.54, 1.807) is 14.0 Å².